The lowest BCUT2D eigenvalue weighted by atomic mass is 10.1. The lowest BCUT2D eigenvalue weighted by molar-refractivity contribution is 0.354. The quantitative estimate of drug-likeness (QED) is 0.852. The summed E-state index contributed by atoms with van der Waals surface area (Å²) in [6.45, 7) is 2.08. The van der Waals surface area contributed by atoms with E-state index in [9.17, 15) is 0 Å². The second kappa shape index (κ2) is 5.44. The average Bonchev–Trinajstić information content (AvgIpc) is 2.90. The molecule has 0 saturated carbocycles. The van der Waals surface area contributed by atoms with Gasteiger partial charge >= 0.3 is 0 Å². The Kier molecular flexibility index (Phi) is 3.72. The van der Waals surface area contributed by atoms with Gasteiger partial charge in [0.1, 0.15) is 0 Å². The van der Waals surface area contributed by atoms with Crippen molar-refractivity contribution >= 4 is 5.69 Å². The van der Waals surface area contributed by atoms with Crippen LogP contribution in [0.25, 0.3) is 0 Å². The third kappa shape index (κ3) is 2.56. The molecule has 1 aromatic heterocycles. The fraction of sp³-hybridized carbons (Fsp3) is 0.308. The highest BCUT2D eigenvalue weighted by molar-refractivity contribution is 5.47. The van der Waals surface area contributed by atoms with Crippen LogP contribution in [0.4, 0.5) is 5.69 Å². The number of rotatable bonds is 5. The summed E-state index contributed by atoms with van der Waals surface area (Å²) >= 11 is 0. The van der Waals surface area contributed by atoms with Crippen molar-refractivity contribution in [3.8, 4) is 11.5 Å². The molecule has 0 saturated heterocycles. The highest BCUT2D eigenvalue weighted by Crippen LogP contribution is 2.30. The van der Waals surface area contributed by atoms with Crippen LogP contribution in [0.15, 0.2) is 30.6 Å². The smallest absolute Gasteiger partial charge is 0.161 e. The number of aromatic nitrogens is 2. The third-order valence-electron chi connectivity index (χ3n) is 2.79. The zero-order valence-electron chi connectivity index (χ0n) is 10.7. The maximum absolute atomic E-state index is 5.29. The summed E-state index contributed by atoms with van der Waals surface area (Å²) in [5, 5.41) is 10.0. The van der Waals surface area contributed by atoms with E-state index < -0.39 is 0 Å². The lowest BCUT2D eigenvalue weighted by Crippen LogP contribution is -2.06. The Balaban J connectivity index is 2.17. The minimum Gasteiger partial charge on any atom is -0.493 e. The SMILES string of the molecule is COc1ccc(C(C)Nc2cn[nH]c2)cc1OC. The number of nitrogens with one attached hydrogen (secondary N) is 2. The molecule has 0 radical (unpaired) electrons. The predicted molar refractivity (Wildman–Crippen MR) is 70.2 cm³/mol. The van der Waals surface area contributed by atoms with Crippen LogP contribution in [0.3, 0.4) is 0 Å². The lowest BCUT2D eigenvalue weighted by Gasteiger charge is -2.16. The molecule has 0 amide bonds. The molecule has 0 fully saturated rings. The molecule has 1 heterocycles. The molecule has 2 aromatic rings. The van der Waals surface area contributed by atoms with Gasteiger partial charge in [0.25, 0.3) is 0 Å². The van der Waals surface area contributed by atoms with Gasteiger partial charge in [0.2, 0.25) is 0 Å². The Morgan fingerprint density at radius 3 is 2.61 bits per heavy atom. The third-order valence-corrected chi connectivity index (χ3v) is 2.79. The first kappa shape index (κ1) is 12.3. The molecule has 0 aliphatic rings. The van der Waals surface area contributed by atoms with E-state index >= 15 is 0 Å². The van der Waals surface area contributed by atoms with E-state index in [-0.39, 0.29) is 6.04 Å². The molecular formula is C13H17N3O2. The van der Waals surface area contributed by atoms with Crippen LogP contribution in [0, 0.1) is 0 Å². The highest BCUT2D eigenvalue weighted by Gasteiger charge is 2.10. The van der Waals surface area contributed by atoms with Crippen molar-refractivity contribution < 1.29 is 9.47 Å². The van der Waals surface area contributed by atoms with E-state index in [0.29, 0.717) is 0 Å². The zero-order valence-corrected chi connectivity index (χ0v) is 10.7. The van der Waals surface area contributed by atoms with Gasteiger partial charge in [0, 0.05) is 12.2 Å². The van der Waals surface area contributed by atoms with Crippen LogP contribution in [-0.4, -0.2) is 24.4 Å². The molecule has 2 rings (SSSR count). The minimum atomic E-state index is 0.155. The Labute approximate surface area is 106 Å². The molecule has 0 aliphatic carbocycles. The van der Waals surface area contributed by atoms with Crippen molar-refractivity contribution in [3.63, 3.8) is 0 Å². The first-order chi connectivity index (χ1) is 8.74. The number of aromatic amines is 1. The first-order valence-electron chi connectivity index (χ1n) is 5.72. The van der Waals surface area contributed by atoms with Gasteiger partial charge in [-0.2, -0.15) is 5.10 Å². The summed E-state index contributed by atoms with van der Waals surface area (Å²) in [6, 6.07) is 6.04. The molecular weight excluding hydrogens is 230 g/mol. The number of benzene rings is 1. The second-order valence-electron chi connectivity index (χ2n) is 3.97. The van der Waals surface area contributed by atoms with E-state index in [0.717, 1.165) is 22.7 Å². The van der Waals surface area contributed by atoms with Crippen molar-refractivity contribution in [2.24, 2.45) is 0 Å². The zero-order chi connectivity index (χ0) is 13.0. The molecule has 96 valence electrons. The minimum absolute atomic E-state index is 0.155. The summed E-state index contributed by atoms with van der Waals surface area (Å²) in [7, 11) is 3.26. The highest BCUT2D eigenvalue weighted by atomic mass is 16.5. The number of hydrogen-bond acceptors (Lipinski definition) is 4. The largest absolute Gasteiger partial charge is 0.493 e. The van der Waals surface area contributed by atoms with Crippen LogP contribution >= 0.6 is 0 Å². The standard InChI is InChI=1S/C13H17N3O2/c1-9(16-11-7-14-15-8-11)10-4-5-12(17-2)13(6-10)18-3/h4-9,16H,1-3H3,(H,14,15). The van der Waals surface area contributed by atoms with Crippen molar-refractivity contribution in [1.82, 2.24) is 10.2 Å². The van der Waals surface area contributed by atoms with E-state index in [4.69, 9.17) is 9.47 Å². The van der Waals surface area contributed by atoms with Crippen molar-refractivity contribution in [3.05, 3.63) is 36.2 Å². The van der Waals surface area contributed by atoms with Crippen molar-refractivity contribution in [1.29, 1.82) is 0 Å². The van der Waals surface area contributed by atoms with Gasteiger partial charge in [-0.05, 0) is 24.6 Å². The number of H-pyrrole nitrogens is 1. The summed E-state index contributed by atoms with van der Waals surface area (Å²) in [5.41, 5.74) is 2.08. The number of methoxy groups -OCH3 is 2. The predicted octanol–water partition coefficient (Wildman–Crippen LogP) is 2.60. The fourth-order valence-electron chi connectivity index (χ4n) is 1.79. The summed E-state index contributed by atoms with van der Waals surface area (Å²) in [4.78, 5) is 0. The molecule has 2 N–H and O–H groups in total. The monoisotopic (exact) mass is 247 g/mol. The van der Waals surface area contributed by atoms with Gasteiger partial charge in [0.05, 0.1) is 26.1 Å². The van der Waals surface area contributed by atoms with Crippen LogP contribution in [-0.2, 0) is 0 Å². The molecule has 1 aromatic carbocycles. The Bertz CT molecular complexity index is 497. The van der Waals surface area contributed by atoms with Crippen LogP contribution in [0.1, 0.15) is 18.5 Å². The second-order valence-corrected chi connectivity index (χ2v) is 3.97. The number of anilines is 1. The van der Waals surface area contributed by atoms with Gasteiger partial charge in [-0.25, -0.2) is 0 Å². The van der Waals surface area contributed by atoms with Gasteiger partial charge < -0.3 is 14.8 Å². The topological polar surface area (TPSA) is 59.2 Å². The first-order valence-corrected chi connectivity index (χ1v) is 5.72. The fourth-order valence-corrected chi connectivity index (χ4v) is 1.79. The molecule has 0 spiro atoms. The Morgan fingerprint density at radius 1 is 1.22 bits per heavy atom. The molecule has 1 atom stereocenters. The van der Waals surface area contributed by atoms with Crippen molar-refractivity contribution in [2.45, 2.75) is 13.0 Å². The van der Waals surface area contributed by atoms with Crippen molar-refractivity contribution in [2.75, 3.05) is 19.5 Å². The van der Waals surface area contributed by atoms with Crippen LogP contribution in [0.2, 0.25) is 0 Å². The molecule has 5 nitrogen and oxygen atoms in total. The molecule has 5 heteroatoms. The molecule has 18 heavy (non-hydrogen) atoms. The maximum Gasteiger partial charge on any atom is 0.161 e. The van der Waals surface area contributed by atoms with E-state index in [1.54, 1.807) is 20.4 Å². The summed E-state index contributed by atoms with van der Waals surface area (Å²) in [6.07, 6.45) is 3.56. The van der Waals surface area contributed by atoms with Crippen LogP contribution < -0.4 is 14.8 Å². The average molecular weight is 247 g/mol. The van der Waals surface area contributed by atoms with Crippen LogP contribution in [0.5, 0.6) is 11.5 Å². The summed E-state index contributed by atoms with van der Waals surface area (Å²) in [5.74, 6) is 1.47. The van der Waals surface area contributed by atoms with E-state index in [1.807, 2.05) is 24.4 Å². The van der Waals surface area contributed by atoms with E-state index in [2.05, 4.69) is 22.4 Å². The van der Waals surface area contributed by atoms with Gasteiger partial charge in [0.15, 0.2) is 11.5 Å². The number of hydrogen-bond donors (Lipinski definition) is 2. The van der Waals surface area contributed by atoms with E-state index in [1.165, 1.54) is 0 Å². The van der Waals surface area contributed by atoms with Gasteiger partial charge in [-0.15, -0.1) is 0 Å². The number of ether oxygens (including phenoxy) is 2. The Hall–Kier alpha value is -2.17. The maximum atomic E-state index is 5.29. The number of nitrogens with zero attached hydrogens (tertiary/aromatic N) is 1. The van der Waals surface area contributed by atoms with Gasteiger partial charge in [-0.3, -0.25) is 5.10 Å². The Morgan fingerprint density at radius 2 is 2.00 bits per heavy atom. The molecule has 0 aliphatic heterocycles. The summed E-state index contributed by atoms with van der Waals surface area (Å²) < 4.78 is 10.5. The normalized spacial score (nSPS) is 11.9. The molecule has 1 unspecified atom stereocenters. The van der Waals surface area contributed by atoms with Gasteiger partial charge in [-0.1, -0.05) is 6.07 Å². The molecule has 0 bridgehead atoms.